The van der Waals surface area contributed by atoms with E-state index in [1.807, 2.05) is 17.2 Å². The average Bonchev–Trinajstić information content (AvgIpc) is 3.21. The molecule has 3 rings (SSSR count). The minimum Gasteiger partial charge on any atom is -0.453 e. The van der Waals surface area contributed by atoms with Crippen LogP contribution in [0.15, 0.2) is 18.6 Å². The number of carbonyl (C=O) groups excluding carboxylic acids is 1. The van der Waals surface area contributed by atoms with Crippen molar-refractivity contribution in [2.75, 3.05) is 31.6 Å². The van der Waals surface area contributed by atoms with Crippen LogP contribution < -0.4 is 4.90 Å². The minimum absolute atomic E-state index is 0.248. The van der Waals surface area contributed by atoms with Gasteiger partial charge in [-0.25, -0.2) is 14.8 Å². The Balaban J connectivity index is 1.84. The monoisotopic (exact) mass is 331 g/mol. The van der Waals surface area contributed by atoms with Gasteiger partial charge < -0.3 is 19.5 Å². The zero-order valence-electron chi connectivity index (χ0n) is 14.6. The fourth-order valence-corrected chi connectivity index (χ4v) is 3.46. The summed E-state index contributed by atoms with van der Waals surface area (Å²) in [6.45, 7) is 6.57. The first-order valence-corrected chi connectivity index (χ1v) is 8.47. The molecule has 1 saturated heterocycles. The second kappa shape index (κ2) is 6.67. The summed E-state index contributed by atoms with van der Waals surface area (Å²) in [6, 6.07) is 2.00. The Bertz CT molecular complexity index is 716. The van der Waals surface area contributed by atoms with Gasteiger partial charge in [-0.1, -0.05) is 13.3 Å². The Morgan fingerprint density at radius 2 is 2.33 bits per heavy atom. The van der Waals surface area contributed by atoms with Crippen LogP contribution in [-0.4, -0.2) is 58.2 Å². The van der Waals surface area contributed by atoms with Crippen molar-refractivity contribution in [2.45, 2.75) is 38.6 Å². The van der Waals surface area contributed by atoms with Crippen molar-refractivity contribution in [2.24, 2.45) is 0 Å². The minimum atomic E-state index is -0.254. The van der Waals surface area contributed by atoms with Crippen LogP contribution in [0.25, 0.3) is 11.0 Å². The third kappa shape index (κ3) is 2.90. The van der Waals surface area contributed by atoms with Gasteiger partial charge >= 0.3 is 6.09 Å². The largest absolute Gasteiger partial charge is 0.453 e. The summed E-state index contributed by atoms with van der Waals surface area (Å²) in [6.07, 6.45) is 6.12. The Kier molecular flexibility index (Phi) is 4.59. The summed E-state index contributed by atoms with van der Waals surface area (Å²) >= 11 is 0. The van der Waals surface area contributed by atoms with E-state index in [1.54, 1.807) is 6.33 Å². The number of hydrogen-bond acceptors (Lipinski definition) is 5. The molecule has 7 nitrogen and oxygen atoms in total. The highest BCUT2D eigenvalue weighted by molar-refractivity contribution is 5.87. The van der Waals surface area contributed by atoms with E-state index in [0.29, 0.717) is 0 Å². The molecule has 1 aliphatic rings. The number of rotatable bonds is 5. The lowest BCUT2D eigenvalue weighted by molar-refractivity contribution is 0.0768. The molecule has 1 fully saturated rings. The summed E-state index contributed by atoms with van der Waals surface area (Å²) in [5.74, 6) is 0.922. The van der Waals surface area contributed by atoms with Crippen LogP contribution in [0.2, 0.25) is 0 Å². The first-order chi connectivity index (χ1) is 11.6. The third-order valence-electron chi connectivity index (χ3n) is 4.87. The molecule has 130 valence electrons. The lowest BCUT2D eigenvalue weighted by atomic mass is 9.99. The van der Waals surface area contributed by atoms with Gasteiger partial charge in [-0.3, -0.25) is 0 Å². The van der Waals surface area contributed by atoms with Crippen molar-refractivity contribution in [3.05, 3.63) is 18.6 Å². The van der Waals surface area contributed by atoms with Gasteiger partial charge in [0.2, 0.25) is 0 Å². The number of nitrogens with zero attached hydrogens (tertiary/aromatic N) is 4. The van der Waals surface area contributed by atoms with Gasteiger partial charge in [0.25, 0.3) is 0 Å². The zero-order chi connectivity index (χ0) is 17.2. The van der Waals surface area contributed by atoms with Crippen LogP contribution in [0, 0.1) is 0 Å². The SMILES string of the molecule is CCCCN(C(=O)OC)C1(C)CCN(c2ncnc3[nH]ccc23)C1. The number of anilines is 1. The third-order valence-corrected chi connectivity index (χ3v) is 4.87. The molecule has 7 heteroatoms. The highest BCUT2D eigenvalue weighted by atomic mass is 16.5. The number of hydrogen-bond donors (Lipinski definition) is 1. The molecule has 24 heavy (non-hydrogen) atoms. The maximum absolute atomic E-state index is 12.3. The van der Waals surface area contributed by atoms with Crippen molar-refractivity contribution in [3.8, 4) is 0 Å². The van der Waals surface area contributed by atoms with Gasteiger partial charge in [0.15, 0.2) is 0 Å². The molecule has 1 unspecified atom stereocenters. The van der Waals surface area contributed by atoms with Crippen molar-refractivity contribution >= 4 is 22.9 Å². The molecule has 1 amide bonds. The number of fused-ring (bicyclic) bond motifs is 1. The van der Waals surface area contributed by atoms with E-state index in [0.717, 1.165) is 55.7 Å². The van der Waals surface area contributed by atoms with Crippen molar-refractivity contribution in [1.82, 2.24) is 19.9 Å². The number of H-pyrrole nitrogens is 1. The fraction of sp³-hybridized carbons (Fsp3) is 0.588. The quantitative estimate of drug-likeness (QED) is 0.912. The summed E-state index contributed by atoms with van der Waals surface area (Å²) < 4.78 is 5.02. The summed E-state index contributed by atoms with van der Waals surface area (Å²) in [7, 11) is 1.45. The standard InChI is InChI=1S/C17H25N5O2/c1-4-5-9-22(16(23)24-3)17(2)7-10-21(11-17)15-13-6-8-18-14(13)19-12-20-15/h6,8,12H,4-5,7,9-11H2,1-3H3,(H,18,19,20). The topological polar surface area (TPSA) is 74.3 Å². The van der Waals surface area contributed by atoms with E-state index >= 15 is 0 Å². The summed E-state index contributed by atoms with van der Waals surface area (Å²) in [5, 5.41) is 1.01. The van der Waals surface area contributed by atoms with Gasteiger partial charge in [0.05, 0.1) is 18.0 Å². The normalized spacial score (nSPS) is 20.5. The van der Waals surface area contributed by atoms with Crippen molar-refractivity contribution in [1.29, 1.82) is 0 Å². The average molecular weight is 331 g/mol. The lowest BCUT2D eigenvalue weighted by Gasteiger charge is -2.37. The Morgan fingerprint density at radius 3 is 3.08 bits per heavy atom. The first kappa shape index (κ1) is 16.5. The van der Waals surface area contributed by atoms with E-state index < -0.39 is 0 Å². The number of carbonyl (C=O) groups is 1. The molecule has 0 saturated carbocycles. The van der Waals surface area contributed by atoms with E-state index in [9.17, 15) is 4.79 Å². The molecule has 3 heterocycles. The Hall–Kier alpha value is -2.31. The van der Waals surface area contributed by atoms with Gasteiger partial charge in [0, 0.05) is 25.8 Å². The highest BCUT2D eigenvalue weighted by Crippen LogP contribution is 2.33. The maximum Gasteiger partial charge on any atom is 0.409 e. The smallest absolute Gasteiger partial charge is 0.409 e. The molecule has 0 bridgehead atoms. The van der Waals surface area contributed by atoms with Gasteiger partial charge in [-0.05, 0) is 25.8 Å². The predicted octanol–water partition coefficient (Wildman–Crippen LogP) is 2.80. The number of amides is 1. The van der Waals surface area contributed by atoms with Crippen LogP contribution >= 0.6 is 0 Å². The Morgan fingerprint density at radius 1 is 1.50 bits per heavy atom. The van der Waals surface area contributed by atoms with E-state index in [2.05, 4.69) is 33.7 Å². The molecule has 0 spiro atoms. The number of unbranched alkanes of at least 4 members (excludes halogenated alkanes) is 1. The molecule has 2 aromatic heterocycles. The van der Waals surface area contributed by atoms with Crippen LogP contribution in [0.1, 0.15) is 33.1 Å². The van der Waals surface area contributed by atoms with E-state index in [-0.39, 0.29) is 11.6 Å². The molecule has 1 atom stereocenters. The zero-order valence-corrected chi connectivity index (χ0v) is 14.6. The second-order valence-electron chi connectivity index (χ2n) is 6.58. The summed E-state index contributed by atoms with van der Waals surface area (Å²) in [4.78, 5) is 28.2. The van der Waals surface area contributed by atoms with E-state index in [4.69, 9.17) is 4.74 Å². The van der Waals surface area contributed by atoms with Gasteiger partial charge in [0.1, 0.15) is 17.8 Å². The molecule has 0 radical (unpaired) electrons. The van der Waals surface area contributed by atoms with E-state index in [1.165, 1.54) is 7.11 Å². The molecular formula is C17H25N5O2. The molecule has 0 aliphatic carbocycles. The first-order valence-electron chi connectivity index (χ1n) is 8.47. The number of nitrogens with one attached hydrogen (secondary N) is 1. The van der Waals surface area contributed by atoms with Crippen LogP contribution in [0.4, 0.5) is 10.6 Å². The summed E-state index contributed by atoms with van der Waals surface area (Å²) in [5.41, 5.74) is 0.583. The number of aromatic nitrogens is 3. The lowest BCUT2D eigenvalue weighted by Crippen LogP contribution is -2.52. The Labute approximate surface area is 142 Å². The number of methoxy groups -OCH3 is 1. The van der Waals surface area contributed by atoms with Crippen molar-refractivity contribution in [3.63, 3.8) is 0 Å². The van der Waals surface area contributed by atoms with Gasteiger partial charge in [-0.15, -0.1) is 0 Å². The highest BCUT2D eigenvalue weighted by Gasteiger charge is 2.42. The number of aromatic amines is 1. The van der Waals surface area contributed by atoms with Crippen LogP contribution in [0.5, 0.6) is 0 Å². The predicted molar refractivity (Wildman–Crippen MR) is 93.1 cm³/mol. The molecule has 0 aromatic carbocycles. The van der Waals surface area contributed by atoms with Crippen LogP contribution in [0.3, 0.4) is 0 Å². The second-order valence-corrected chi connectivity index (χ2v) is 6.58. The molecular weight excluding hydrogens is 306 g/mol. The number of ether oxygens (including phenoxy) is 1. The molecule has 1 N–H and O–H groups in total. The van der Waals surface area contributed by atoms with Gasteiger partial charge in [-0.2, -0.15) is 0 Å². The van der Waals surface area contributed by atoms with Crippen LogP contribution in [-0.2, 0) is 4.74 Å². The fourth-order valence-electron chi connectivity index (χ4n) is 3.46. The molecule has 1 aliphatic heterocycles. The molecule has 2 aromatic rings. The maximum atomic E-state index is 12.3. The van der Waals surface area contributed by atoms with Crippen molar-refractivity contribution < 1.29 is 9.53 Å².